The van der Waals surface area contributed by atoms with Crippen LogP contribution < -0.4 is 10.6 Å². The van der Waals surface area contributed by atoms with Gasteiger partial charge in [0.25, 0.3) is 5.91 Å². The van der Waals surface area contributed by atoms with Gasteiger partial charge in [-0.1, -0.05) is 65.7 Å². The zero-order valence-corrected chi connectivity index (χ0v) is 16.2. The van der Waals surface area contributed by atoms with Crippen LogP contribution in [0.2, 0.25) is 10.0 Å². The van der Waals surface area contributed by atoms with Gasteiger partial charge in [0.2, 0.25) is 0 Å². The third kappa shape index (κ3) is 4.77. The van der Waals surface area contributed by atoms with Gasteiger partial charge < -0.3 is 10.4 Å². The molecule has 0 bridgehead atoms. The summed E-state index contributed by atoms with van der Waals surface area (Å²) in [6.45, 7) is 0. The molecule has 136 valence electrons. The quantitative estimate of drug-likeness (QED) is 0.390. The molecule has 4 nitrogen and oxygen atoms in total. The van der Waals surface area contributed by atoms with Gasteiger partial charge in [0.15, 0.2) is 10.9 Å². The van der Waals surface area contributed by atoms with E-state index in [1.807, 2.05) is 42.5 Å². The lowest BCUT2D eigenvalue weighted by atomic mass is 10.0. The first-order valence-electron chi connectivity index (χ1n) is 7.90. The first kappa shape index (κ1) is 19.2. The Morgan fingerprint density at radius 3 is 2.04 bits per heavy atom. The molecule has 1 amide bonds. The second-order valence-corrected chi connectivity index (χ2v) is 6.86. The summed E-state index contributed by atoms with van der Waals surface area (Å²) in [6.07, 6.45) is 0. The summed E-state index contributed by atoms with van der Waals surface area (Å²) in [5.41, 5.74) is 3.01. The van der Waals surface area contributed by atoms with Gasteiger partial charge in [0.1, 0.15) is 0 Å². The van der Waals surface area contributed by atoms with Crippen LogP contribution in [0.25, 0.3) is 11.1 Å². The zero-order chi connectivity index (χ0) is 19.4. The van der Waals surface area contributed by atoms with Gasteiger partial charge in [0.05, 0.1) is 10.0 Å². The average molecular weight is 417 g/mol. The number of rotatable bonds is 3. The maximum atomic E-state index is 12.4. The molecule has 3 aromatic rings. The Kier molecular flexibility index (Phi) is 5.96. The largest absolute Gasteiger partial charge is 0.505 e. The molecule has 7 heteroatoms. The van der Waals surface area contributed by atoms with Crippen molar-refractivity contribution in [3.05, 3.63) is 82.3 Å². The van der Waals surface area contributed by atoms with Crippen LogP contribution in [0.5, 0.6) is 5.75 Å². The van der Waals surface area contributed by atoms with Gasteiger partial charge in [-0.2, -0.15) is 0 Å². The van der Waals surface area contributed by atoms with E-state index in [2.05, 4.69) is 10.6 Å². The van der Waals surface area contributed by atoms with E-state index in [0.717, 1.165) is 11.1 Å². The number of phenols is 1. The van der Waals surface area contributed by atoms with Crippen LogP contribution in [0.15, 0.2) is 66.7 Å². The van der Waals surface area contributed by atoms with Crippen LogP contribution in [-0.4, -0.2) is 16.1 Å². The van der Waals surface area contributed by atoms with Crippen molar-refractivity contribution < 1.29 is 9.90 Å². The minimum absolute atomic E-state index is 0.0793. The Morgan fingerprint density at radius 2 is 1.44 bits per heavy atom. The fourth-order valence-corrected chi connectivity index (χ4v) is 3.12. The first-order chi connectivity index (χ1) is 12.9. The van der Waals surface area contributed by atoms with Crippen molar-refractivity contribution in [2.75, 3.05) is 5.32 Å². The minimum Gasteiger partial charge on any atom is -0.505 e. The number of benzene rings is 3. The number of anilines is 1. The van der Waals surface area contributed by atoms with E-state index in [-0.39, 0.29) is 26.8 Å². The number of carbonyl (C=O) groups is 1. The Balaban J connectivity index is 1.65. The van der Waals surface area contributed by atoms with E-state index in [9.17, 15) is 9.90 Å². The average Bonchev–Trinajstić information content (AvgIpc) is 2.66. The fourth-order valence-electron chi connectivity index (χ4n) is 2.42. The summed E-state index contributed by atoms with van der Waals surface area (Å²) in [5.74, 6) is -0.555. The summed E-state index contributed by atoms with van der Waals surface area (Å²) in [5, 5.41) is 15.2. The number of amides is 1. The van der Waals surface area contributed by atoms with Gasteiger partial charge in [-0.05, 0) is 47.6 Å². The molecule has 0 fully saturated rings. The number of carbonyl (C=O) groups excluding carboxylic acids is 1. The van der Waals surface area contributed by atoms with Crippen molar-refractivity contribution in [2.45, 2.75) is 0 Å². The molecule has 0 aromatic heterocycles. The number of aromatic hydroxyl groups is 1. The van der Waals surface area contributed by atoms with E-state index in [4.69, 9.17) is 35.4 Å². The molecule has 0 atom stereocenters. The van der Waals surface area contributed by atoms with Gasteiger partial charge in [0, 0.05) is 11.3 Å². The monoisotopic (exact) mass is 416 g/mol. The van der Waals surface area contributed by atoms with E-state index in [1.54, 1.807) is 12.1 Å². The SMILES string of the molecule is O=C(NC(=S)Nc1cc(Cl)c(O)c(Cl)c1)c1ccc(-c2ccccc2)cc1. The summed E-state index contributed by atoms with van der Waals surface area (Å²) >= 11 is 16.9. The first-order valence-corrected chi connectivity index (χ1v) is 9.06. The molecular formula is C20H14Cl2N2O2S. The molecule has 3 aromatic carbocycles. The molecule has 3 rings (SSSR count). The molecule has 0 saturated heterocycles. The summed E-state index contributed by atoms with van der Waals surface area (Å²) < 4.78 is 0. The summed E-state index contributed by atoms with van der Waals surface area (Å²) in [4.78, 5) is 12.4. The molecule has 0 saturated carbocycles. The highest BCUT2D eigenvalue weighted by molar-refractivity contribution is 7.80. The standard InChI is InChI=1S/C20H14Cl2N2O2S/c21-16-10-15(11-17(22)18(16)25)23-20(27)24-19(26)14-8-6-13(7-9-14)12-4-2-1-3-5-12/h1-11,25H,(H2,23,24,26,27). The summed E-state index contributed by atoms with van der Waals surface area (Å²) in [7, 11) is 0. The predicted molar refractivity (Wildman–Crippen MR) is 114 cm³/mol. The molecule has 0 aliphatic rings. The fraction of sp³-hybridized carbons (Fsp3) is 0. The minimum atomic E-state index is -0.344. The highest BCUT2D eigenvalue weighted by atomic mass is 35.5. The lowest BCUT2D eigenvalue weighted by Gasteiger charge is -2.11. The molecule has 0 aliphatic carbocycles. The van der Waals surface area contributed by atoms with Crippen LogP contribution in [0, 0.1) is 0 Å². The molecule has 0 spiro atoms. The van der Waals surface area contributed by atoms with Crippen molar-refractivity contribution in [2.24, 2.45) is 0 Å². The van der Waals surface area contributed by atoms with E-state index in [0.29, 0.717) is 11.3 Å². The van der Waals surface area contributed by atoms with Gasteiger partial charge in [-0.3, -0.25) is 10.1 Å². The second kappa shape index (κ2) is 8.39. The highest BCUT2D eigenvalue weighted by Gasteiger charge is 2.11. The number of thiocarbonyl (C=S) groups is 1. The Morgan fingerprint density at radius 1 is 0.889 bits per heavy atom. The molecule has 0 aliphatic heterocycles. The molecule has 3 N–H and O–H groups in total. The number of hydrogen-bond acceptors (Lipinski definition) is 3. The Hall–Kier alpha value is -2.60. The van der Waals surface area contributed by atoms with E-state index < -0.39 is 0 Å². The van der Waals surface area contributed by atoms with E-state index >= 15 is 0 Å². The number of hydrogen-bond donors (Lipinski definition) is 3. The van der Waals surface area contributed by atoms with Crippen LogP contribution in [0.1, 0.15) is 10.4 Å². The van der Waals surface area contributed by atoms with Gasteiger partial charge in [-0.25, -0.2) is 0 Å². The van der Waals surface area contributed by atoms with E-state index in [1.165, 1.54) is 12.1 Å². The third-order valence-corrected chi connectivity index (χ3v) is 4.54. The van der Waals surface area contributed by atoms with Crippen LogP contribution in [0.4, 0.5) is 5.69 Å². The normalized spacial score (nSPS) is 10.3. The number of nitrogens with one attached hydrogen (secondary N) is 2. The highest BCUT2D eigenvalue weighted by Crippen LogP contribution is 2.34. The van der Waals surface area contributed by atoms with Gasteiger partial charge >= 0.3 is 0 Å². The number of halogens is 2. The number of phenolic OH excluding ortho intramolecular Hbond substituents is 1. The lowest BCUT2D eigenvalue weighted by molar-refractivity contribution is 0.0978. The molecule has 27 heavy (non-hydrogen) atoms. The van der Waals surface area contributed by atoms with Crippen molar-refractivity contribution in [3.63, 3.8) is 0 Å². The van der Waals surface area contributed by atoms with Crippen molar-refractivity contribution >= 4 is 52.1 Å². The maximum Gasteiger partial charge on any atom is 0.257 e. The lowest BCUT2D eigenvalue weighted by Crippen LogP contribution is -2.34. The topological polar surface area (TPSA) is 61.4 Å². The van der Waals surface area contributed by atoms with Crippen LogP contribution in [-0.2, 0) is 0 Å². The molecular weight excluding hydrogens is 403 g/mol. The van der Waals surface area contributed by atoms with Crippen LogP contribution in [0.3, 0.4) is 0 Å². The predicted octanol–water partition coefficient (Wildman–Crippen LogP) is 5.49. The summed E-state index contributed by atoms with van der Waals surface area (Å²) in [6, 6.07) is 20.0. The molecule has 0 heterocycles. The third-order valence-electron chi connectivity index (χ3n) is 3.76. The van der Waals surface area contributed by atoms with Gasteiger partial charge in [-0.15, -0.1) is 0 Å². The van der Waals surface area contributed by atoms with Crippen LogP contribution >= 0.6 is 35.4 Å². The van der Waals surface area contributed by atoms with Crippen molar-refractivity contribution in [3.8, 4) is 16.9 Å². The smallest absolute Gasteiger partial charge is 0.257 e. The van der Waals surface area contributed by atoms with Crippen molar-refractivity contribution in [1.29, 1.82) is 0 Å². The zero-order valence-electron chi connectivity index (χ0n) is 13.9. The maximum absolute atomic E-state index is 12.4. The Bertz CT molecular complexity index is 970. The van der Waals surface area contributed by atoms with Crippen molar-refractivity contribution in [1.82, 2.24) is 5.32 Å². The molecule has 0 unspecified atom stereocenters. The molecule has 0 radical (unpaired) electrons. The second-order valence-electron chi connectivity index (χ2n) is 5.64. The Labute approximate surface area is 171 Å².